The SMILES string of the molecule is N=C(N)/C=C\NCC(F)F. The zero-order chi connectivity index (χ0) is 7.98. The maximum Gasteiger partial charge on any atom is 0.255 e. The summed E-state index contributed by atoms with van der Waals surface area (Å²) in [5, 5.41) is 8.91. The fraction of sp³-hybridized carbons (Fsp3) is 0.400. The highest BCUT2D eigenvalue weighted by molar-refractivity contribution is 5.88. The van der Waals surface area contributed by atoms with Crippen molar-refractivity contribution in [2.45, 2.75) is 6.43 Å². The molecule has 0 aliphatic rings. The molecule has 0 aliphatic heterocycles. The zero-order valence-corrected chi connectivity index (χ0v) is 5.27. The molecule has 0 bridgehead atoms. The molecule has 0 fully saturated rings. The van der Waals surface area contributed by atoms with Gasteiger partial charge in [-0.1, -0.05) is 0 Å². The van der Waals surface area contributed by atoms with Crippen LogP contribution in [-0.2, 0) is 0 Å². The van der Waals surface area contributed by atoms with Crippen LogP contribution >= 0.6 is 0 Å². The summed E-state index contributed by atoms with van der Waals surface area (Å²) < 4.78 is 22.8. The fourth-order valence-electron chi connectivity index (χ4n) is 0.306. The van der Waals surface area contributed by atoms with Gasteiger partial charge in [-0.3, -0.25) is 5.41 Å². The molecule has 5 heteroatoms. The van der Waals surface area contributed by atoms with Crippen LogP contribution in [0.25, 0.3) is 0 Å². The van der Waals surface area contributed by atoms with Gasteiger partial charge in [0.1, 0.15) is 5.84 Å². The lowest BCUT2D eigenvalue weighted by molar-refractivity contribution is 0.150. The van der Waals surface area contributed by atoms with Crippen molar-refractivity contribution >= 4 is 5.84 Å². The molecule has 0 amide bonds. The first-order chi connectivity index (χ1) is 4.63. The Balaban J connectivity index is 3.27. The van der Waals surface area contributed by atoms with E-state index in [4.69, 9.17) is 11.1 Å². The van der Waals surface area contributed by atoms with Crippen molar-refractivity contribution < 1.29 is 8.78 Å². The van der Waals surface area contributed by atoms with Gasteiger partial charge < -0.3 is 11.1 Å². The highest BCUT2D eigenvalue weighted by atomic mass is 19.3. The molecule has 0 aromatic rings. The first-order valence-electron chi connectivity index (χ1n) is 2.65. The molecule has 0 heterocycles. The van der Waals surface area contributed by atoms with Crippen molar-refractivity contribution in [3.05, 3.63) is 12.3 Å². The van der Waals surface area contributed by atoms with Crippen LogP contribution in [-0.4, -0.2) is 18.8 Å². The van der Waals surface area contributed by atoms with Gasteiger partial charge in [-0.15, -0.1) is 0 Å². The van der Waals surface area contributed by atoms with Crippen LogP contribution < -0.4 is 11.1 Å². The number of amidine groups is 1. The predicted octanol–water partition coefficient (Wildman–Crippen LogP) is 0.291. The summed E-state index contributed by atoms with van der Waals surface area (Å²) in [4.78, 5) is 0. The molecule has 0 aromatic carbocycles. The van der Waals surface area contributed by atoms with E-state index in [2.05, 4.69) is 5.32 Å². The average molecular weight is 149 g/mol. The second-order valence-electron chi connectivity index (χ2n) is 1.59. The number of rotatable bonds is 4. The van der Waals surface area contributed by atoms with Gasteiger partial charge in [0.25, 0.3) is 6.43 Å². The van der Waals surface area contributed by atoms with Crippen LogP contribution in [0.15, 0.2) is 12.3 Å². The van der Waals surface area contributed by atoms with Crippen molar-refractivity contribution in [1.29, 1.82) is 5.41 Å². The van der Waals surface area contributed by atoms with E-state index in [0.29, 0.717) is 0 Å². The number of nitrogens with one attached hydrogen (secondary N) is 2. The van der Waals surface area contributed by atoms with Crippen LogP contribution in [0.5, 0.6) is 0 Å². The third kappa shape index (κ3) is 6.87. The third-order valence-corrected chi connectivity index (χ3v) is 0.653. The molecule has 0 aliphatic carbocycles. The minimum atomic E-state index is -2.38. The summed E-state index contributed by atoms with van der Waals surface area (Å²) in [5.74, 6) is -0.165. The monoisotopic (exact) mass is 149 g/mol. The number of alkyl halides is 2. The van der Waals surface area contributed by atoms with Crippen molar-refractivity contribution in [3.8, 4) is 0 Å². The van der Waals surface area contributed by atoms with Gasteiger partial charge in [0.05, 0.1) is 6.54 Å². The van der Waals surface area contributed by atoms with E-state index >= 15 is 0 Å². The molecular weight excluding hydrogens is 140 g/mol. The molecule has 0 radical (unpaired) electrons. The van der Waals surface area contributed by atoms with E-state index < -0.39 is 13.0 Å². The topological polar surface area (TPSA) is 61.9 Å². The van der Waals surface area contributed by atoms with E-state index in [1.165, 1.54) is 12.3 Å². The molecule has 0 unspecified atom stereocenters. The Morgan fingerprint density at radius 2 is 2.30 bits per heavy atom. The largest absolute Gasteiger partial charge is 0.385 e. The summed E-state index contributed by atoms with van der Waals surface area (Å²) in [5.41, 5.74) is 4.88. The van der Waals surface area contributed by atoms with Crippen LogP contribution in [0, 0.1) is 5.41 Å². The molecule has 10 heavy (non-hydrogen) atoms. The van der Waals surface area contributed by atoms with Crippen molar-refractivity contribution in [3.63, 3.8) is 0 Å². The Morgan fingerprint density at radius 1 is 1.70 bits per heavy atom. The van der Waals surface area contributed by atoms with E-state index in [-0.39, 0.29) is 5.84 Å². The quantitative estimate of drug-likeness (QED) is 0.397. The summed E-state index contributed by atoms with van der Waals surface area (Å²) in [6, 6.07) is 0. The van der Waals surface area contributed by atoms with Gasteiger partial charge in [-0.25, -0.2) is 8.78 Å². The maximum atomic E-state index is 11.4. The van der Waals surface area contributed by atoms with Crippen LogP contribution in [0.3, 0.4) is 0 Å². The Hall–Kier alpha value is -1.13. The van der Waals surface area contributed by atoms with E-state index in [9.17, 15) is 8.78 Å². The Bertz CT molecular complexity index is 133. The van der Waals surface area contributed by atoms with E-state index in [1.54, 1.807) is 0 Å². The zero-order valence-electron chi connectivity index (χ0n) is 5.27. The number of hydrogen-bond donors (Lipinski definition) is 3. The molecule has 0 rings (SSSR count). The minimum Gasteiger partial charge on any atom is -0.385 e. The standard InChI is InChI=1S/C5H9F2N3/c6-4(7)3-10-2-1-5(8)9/h1-2,4,10H,3H2,(H3,8,9)/b2-1-. The minimum absolute atomic E-state index is 0.165. The third-order valence-electron chi connectivity index (χ3n) is 0.653. The van der Waals surface area contributed by atoms with Crippen LogP contribution in [0.4, 0.5) is 8.78 Å². The molecule has 0 aromatic heterocycles. The van der Waals surface area contributed by atoms with Gasteiger partial charge in [0.2, 0.25) is 0 Å². The summed E-state index contributed by atoms with van der Waals surface area (Å²) >= 11 is 0. The number of nitrogens with two attached hydrogens (primary N) is 1. The lowest BCUT2D eigenvalue weighted by Crippen LogP contribution is -2.16. The first-order valence-corrected chi connectivity index (χ1v) is 2.65. The highest BCUT2D eigenvalue weighted by Gasteiger charge is 1.96. The van der Waals surface area contributed by atoms with Gasteiger partial charge in [0, 0.05) is 6.20 Å². The lowest BCUT2D eigenvalue weighted by atomic mass is 10.5. The van der Waals surface area contributed by atoms with Gasteiger partial charge in [-0.05, 0) is 6.08 Å². The molecule has 58 valence electrons. The van der Waals surface area contributed by atoms with Crippen LogP contribution in [0.2, 0.25) is 0 Å². The van der Waals surface area contributed by atoms with E-state index in [0.717, 1.165) is 0 Å². The highest BCUT2D eigenvalue weighted by Crippen LogP contribution is 1.86. The van der Waals surface area contributed by atoms with E-state index in [1.807, 2.05) is 0 Å². The number of halogens is 2. The molecule has 0 saturated heterocycles. The molecule has 0 saturated carbocycles. The van der Waals surface area contributed by atoms with Crippen molar-refractivity contribution in [1.82, 2.24) is 5.32 Å². The van der Waals surface area contributed by atoms with Gasteiger partial charge >= 0.3 is 0 Å². The molecule has 0 spiro atoms. The molecule has 3 nitrogen and oxygen atoms in total. The predicted molar refractivity (Wildman–Crippen MR) is 35.1 cm³/mol. The maximum absolute atomic E-state index is 11.4. The summed E-state index contributed by atoms with van der Waals surface area (Å²) in [6.45, 7) is -0.413. The molecule has 0 atom stereocenters. The summed E-state index contributed by atoms with van der Waals surface area (Å²) in [6.07, 6.45) is 0.0354. The van der Waals surface area contributed by atoms with Gasteiger partial charge in [-0.2, -0.15) is 0 Å². The Kier molecular flexibility index (Phi) is 4.19. The normalized spacial score (nSPS) is 10.7. The lowest BCUT2D eigenvalue weighted by Gasteiger charge is -1.96. The fourth-order valence-corrected chi connectivity index (χ4v) is 0.306. The van der Waals surface area contributed by atoms with Gasteiger partial charge in [0.15, 0.2) is 0 Å². The molecule has 4 N–H and O–H groups in total. The summed E-state index contributed by atoms with van der Waals surface area (Å²) in [7, 11) is 0. The smallest absolute Gasteiger partial charge is 0.255 e. The second kappa shape index (κ2) is 4.72. The molecular formula is C5H9F2N3. The Morgan fingerprint density at radius 3 is 2.70 bits per heavy atom. The second-order valence-corrected chi connectivity index (χ2v) is 1.59. The van der Waals surface area contributed by atoms with Crippen LogP contribution in [0.1, 0.15) is 0 Å². The Labute approximate surface area is 57.4 Å². The first kappa shape index (κ1) is 8.87. The average Bonchev–Trinajstić information content (AvgIpc) is 1.79. The van der Waals surface area contributed by atoms with Crippen molar-refractivity contribution in [2.75, 3.05) is 6.54 Å². The van der Waals surface area contributed by atoms with Crippen molar-refractivity contribution in [2.24, 2.45) is 5.73 Å². The number of hydrogen-bond acceptors (Lipinski definition) is 2.